The van der Waals surface area contributed by atoms with Gasteiger partial charge in [-0.3, -0.25) is 0 Å². The lowest BCUT2D eigenvalue weighted by atomic mass is 10.1. The summed E-state index contributed by atoms with van der Waals surface area (Å²) in [7, 11) is 0. The van der Waals surface area contributed by atoms with Crippen LogP contribution in [0.15, 0.2) is 17.5 Å². The molecule has 0 aliphatic carbocycles. The first-order valence-corrected chi connectivity index (χ1v) is 5.75. The number of thiophene rings is 1. The van der Waals surface area contributed by atoms with E-state index in [9.17, 15) is 0 Å². The molecule has 0 saturated heterocycles. The molecule has 64 valence electrons. The number of nitriles is 1. The molecule has 0 amide bonds. The Hall–Kier alpha value is -0.460. The van der Waals surface area contributed by atoms with E-state index in [-0.39, 0.29) is 0 Å². The maximum Gasteiger partial charge on any atom is 0.133 e. The zero-order chi connectivity index (χ0) is 8.81. The SMILES string of the molecule is CC(CCSC#N)c1cccs1. The molecule has 3 heteroatoms. The number of thioether (sulfide) groups is 1. The van der Waals surface area contributed by atoms with Gasteiger partial charge in [0.2, 0.25) is 0 Å². The molecule has 1 heterocycles. The van der Waals surface area contributed by atoms with Gasteiger partial charge in [0.15, 0.2) is 0 Å². The first-order chi connectivity index (χ1) is 5.84. The molecule has 12 heavy (non-hydrogen) atoms. The third-order valence-corrected chi connectivity index (χ3v) is 3.42. The Morgan fingerprint density at radius 1 is 1.75 bits per heavy atom. The van der Waals surface area contributed by atoms with Crippen LogP contribution in [0.3, 0.4) is 0 Å². The van der Waals surface area contributed by atoms with Crippen LogP contribution >= 0.6 is 23.1 Å². The molecule has 1 aromatic rings. The Balaban J connectivity index is 2.30. The summed E-state index contributed by atoms with van der Waals surface area (Å²) in [4.78, 5) is 1.42. The van der Waals surface area contributed by atoms with Gasteiger partial charge in [0.25, 0.3) is 0 Å². The molecule has 0 spiro atoms. The van der Waals surface area contributed by atoms with Crippen molar-refractivity contribution in [2.45, 2.75) is 19.3 Å². The summed E-state index contributed by atoms with van der Waals surface area (Å²) < 4.78 is 0. The van der Waals surface area contributed by atoms with E-state index in [2.05, 4.69) is 29.8 Å². The quantitative estimate of drug-likeness (QED) is 0.545. The van der Waals surface area contributed by atoms with Crippen LogP contribution in [0.5, 0.6) is 0 Å². The topological polar surface area (TPSA) is 23.8 Å². The summed E-state index contributed by atoms with van der Waals surface area (Å²) in [5, 5.41) is 12.5. The van der Waals surface area contributed by atoms with Crippen molar-refractivity contribution in [2.75, 3.05) is 5.75 Å². The van der Waals surface area contributed by atoms with Gasteiger partial charge in [-0.05, 0) is 35.5 Å². The average Bonchev–Trinajstić information content (AvgIpc) is 2.56. The first-order valence-electron chi connectivity index (χ1n) is 3.89. The summed E-state index contributed by atoms with van der Waals surface area (Å²) in [5.41, 5.74) is 0. The second kappa shape index (κ2) is 5.23. The average molecular weight is 197 g/mol. The van der Waals surface area contributed by atoms with E-state index in [0.717, 1.165) is 12.2 Å². The molecule has 0 N–H and O–H groups in total. The molecule has 0 aromatic carbocycles. The molecule has 1 nitrogen and oxygen atoms in total. The van der Waals surface area contributed by atoms with Crippen molar-refractivity contribution in [3.63, 3.8) is 0 Å². The highest BCUT2D eigenvalue weighted by Crippen LogP contribution is 2.24. The number of thiocyanates is 1. The predicted molar refractivity (Wildman–Crippen MR) is 55.4 cm³/mol. The minimum atomic E-state index is 0.603. The number of nitrogens with zero attached hydrogens (tertiary/aromatic N) is 1. The van der Waals surface area contributed by atoms with Gasteiger partial charge in [-0.2, -0.15) is 5.26 Å². The predicted octanol–water partition coefficient (Wildman–Crippen LogP) is 3.46. The molecular weight excluding hydrogens is 186 g/mol. The minimum absolute atomic E-state index is 0.603. The largest absolute Gasteiger partial charge is 0.185 e. The van der Waals surface area contributed by atoms with Gasteiger partial charge in [0.1, 0.15) is 5.40 Å². The van der Waals surface area contributed by atoms with Crippen molar-refractivity contribution in [3.8, 4) is 5.40 Å². The molecule has 0 aliphatic heterocycles. The van der Waals surface area contributed by atoms with Crippen molar-refractivity contribution in [3.05, 3.63) is 22.4 Å². The van der Waals surface area contributed by atoms with Gasteiger partial charge >= 0.3 is 0 Å². The first kappa shape index (κ1) is 9.63. The zero-order valence-corrected chi connectivity index (χ0v) is 8.62. The zero-order valence-electron chi connectivity index (χ0n) is 6.99. The van der Waals surface area contributed by atoms with Gasteiger partial charge in [-0.15, -0.1) is 11.3 Å². The molecule has 1 aromatic heterocycles. The van der Waals surface area contributed by atoms with Crippen LogP contribution in [-0.2, 0) is 0 Å². The second-order valence-corrected chi connectivity index (χ2v) is 4.50. The van der Waals surface area contributed by atoms with Crippen molar-refractivity contribution in [1.82, 2.24) is 0 Å². The highest BCUT2D eigenvalue weighted by molar-refractivity contribution is 8.03. The molecular formula is C9H11NS2. The molecule has 0 bridgehead atoms. The van der Waals surface area contributed by atoms with Crippen molar-refractivity contribution < 1.29 is 0 Å². The Morgan fingerprint density at radius 2 is 2.58 bits per heavy atom. The standard InChI is InChI=1S/C9H11NS2/c1-8(4-6-11-7-10)9-3-2-5-12-9/h2-3,5,8H,4,6H2,1H3. The number of hydrogen-bond acceptors (Lipinski definition) is 3. The van der Waals surface area contributed by atoms with Gasteiger partial charge in [0, 0.05) is 10.6 Å². The third kappa shape index (κ3) is 2.88. The van der Waals surface area contributed by atoms with Crippen LogP contribution in [0.4, 0.5) is 0 Å². The smallest absolute Gasteiger partial charge is 0.133 e. The highest BCUT2D eigenvalue weighted by atomic mass is 32.2. The van der Waals surface area contributed by atoms with Crippen LogP contribution in [0, 0.1) is 10.7 Å². The maximum atomic E-state index is 8.33. The molecule has 1 rings (SSSR count). The summed E-state index contributed by atoms with van der Waals surface area (Å²) in [6.07, 6.45) is 1.10. The van der Waals surface area contributed by atoms with E-state index in [4.69, 9.17) is 5.26 Å². The molecule has 1 unspecified atom stereocenters. The third-order valence-electron chi connectivity index (χ3n) is 1.75. The molecule has 1 atom stereocenters. The van der Waals surface area contributed by atoms with Gasteiger partial charge < -0.3 is 0 Å². The summed E-state index contributed by atoms with van der Waals surface area (Å²) in [6, 6.07) is 4.24. The minimum Gasteiger partial charge on any atom is -0.185 e. The van der Waals surface area contributed by atoms with E-state index in [1.165, 1.54) is 16.6 Å². The van der Waals surface area contributed by atoms with Crippen molar-refractivity contribution in [2.24, 2.45) is 0 Å². The van der Waals surface area contributed by atoms with Gasteiger partial charge in [-0.25, -0.2) is 0 Å². The second-order valence-electron chi connectivity index (χ2n) is 2.64. The molecule has 0 saturated carbocycles. The lowest BCUT2D eigenvalue weighted by molar-refractivity contribution is 0.756. The van der Waals surface area contributed by atoms with E-state index in [1.54, 1.807) is 11.3 Å². The molecule has 0 fully saturated rings. The Labute approximate surface area is 81.4 Å². The Morgan fingerprint density at radius 3 is 3.17 bits per heavy atom. The number of rotatable bonds is 4. The van der Waals surface area contributed by atoms with Crippen LogP contribution in [0.1, 0.15) is 24.1 Å². The highest BCUT2D eigenvalue weighted by Gasteiger charge is 2.05. The monoisotopic (exact) mass is 197 g/mol. The molecule has 0 aliphatic rings. The normalized spacial score (nSPS) is 12.3. The van der Waals surface area contributed by atoms with Crippen molar-refractivity contribution >= 4 is 23.1 Å². The van der Waals surface area contributed by atoms with E-state index in [1.807, 2.05) is 0 Å². The van der Waals surface area contributed by atoms with Crippen LogP contribution in [0.2, 0.25) is 0 Å². The van der Waals surface area contributed by atoms with Gasteiger partial charge in [0.05, 0.1) is 0 Å². The van der Waals surface area contributed by atoms with Crippen LogP contribution in [0.25, 0.3) is 0 Å². The van der Waals surface area contributed by atoms with Gasteiger partial charge in [-0.1, -0.05) is 13.0 Å². The van der Waals surface area contributed by atoms with E-state index >= 15 is 0 Å². The summed E-state index contributed by atoms with van der Waals surface area (Å²) >= 11 is 3.14. The fourth-order valence-corrected chi connectivity index (χ4v) is 2.38. The van der Waals surface area contributed by atoms with E-state index in [0.29, 0.717) is 5.92 Å². The fourth-order valence-electron chi connectivity index (χ4n) is 0.995. The Kier molecular flexibility index (Phi) is 4.20. The van der Waals surface area contributed by atoms with Crippen molar-refractivity contribution in [1.29, 1.82) is 5.26 Å². The lowest BCUT2D eigenvalue weighted by Gasteiger charge is -2.05. The maximum absolute atomic E-state index is 8.33. The van der Waals surface area contributed by atoms with E-state index < -0.39 is 0 Å². The van der Waals surface area contributed by atoms with Crippen LogP contribution in [-0.4, -0.2) is 5.75 Å². The Bertz CT molecular complexity index is 248. The fraction of sp³-hybridized carbons (Fsp3) is 0.444. The summed E-state index contributed by atoms with van der Waals surface area (Å²) in [6.45, 7) is 2.21. The summed E-state index contributed by atoms with van der Waals surface area (Å²) in [5.74, 6) is 1.54. The number of hydrogen-bond donors (Lipinski definition) is 0. The van der Waals surface area contributed by atoms with Crippen LogP contribution < -0.4 is 0 Å². The lowest BCUT2D eigenvalue weighted by Crippen LogP contribution is -1.91. The molecule has 0 radical (unpaired) electrons.